The first kappa shape index (κ1) is 48.0. The predicted molar refractivity (Wildman–Crippen MR) is 226 cm³/mol. The summed E-state index contributed by atoms with van der Waals surface area (Å²) < 4.78 is 0. The molecule has 2 aromatic rings. The second-order valence-electron chi connectivity index (χ2n) is 15.4. The van der Waals surface area contributed by atoms with E-state index >= 15 is 0 Å². The third kappa shape index (κ3) is 19.4. The number of rotatable bonds is 30. The van der Waals surface area contributed by atoms with Gasteiger partial charge in [0.15, 0.2) is 0 Å². The number of allylic oxidation sites excluding steroid dienone is 2. The van der Waals surface area contributed by atoms with E-state index in [1.165, 1.54) is 167 Å². The van der Waals surface area contributed by atoms with Gasteiger partial charge in [0, 0.05) is 20.4 Å². The molecule has 0 heterocycles. The molecule has 0 aliphatic rings. The SMILES string of the molecule is CCCCCCCCC(C(=C=[N+]=[N-])CCCCC)=C(c1cc(CCCC)cc(CCCC)c1)c1cc(CCCCCC)cc(CCCCCC)c1.[Pd]. The van der Waals surface area contributed by atoms with Crippen molar-refractivity contribution in [3.8, 4) is 0 Å². The van der Waals surface area contributed by atoms with Gasteiger partial charge in [-0.05, 0) is 122 Å². The first-order chi connectivity index (χ1) is 25.0. The molecular formula is C49H78N2Pd. The van der Waals surface area contributed by atoms with Gasteiger partial charge in [0.05, 0.1) is 5.57 Å². The van der Waals surface area contributed by atoms with E-state index in [-0.39, 0.29) is 20.4 Å². The van der Waals surface area contributed by atoms with Crippen LogP contribution in [-0.4, -0.2) is 10.7 Å². The second-order valence-corrected chi connectivity index (χ2v) is 15.4. The van der Waals surface area contributed by atoms with Crippen molar-refractivity contribution in [3.05, 3.63) is 86.5 Å². The minimum absolute atomic E-state index is 0. The summed E-state index contributed by atoms with van der Waals surface area (Å²) in [6.45, 7) is 13.8. The second kappa shape index (κ2) is 31.4. The van der Waals surface area contributed by atoms with E-state index in [1.54, 1.807) is 0 Å². The fourth-order valence-corrected chi connectivity index (χ4v) is 7.58. The number of nitrogens with zero attached hydrogens (tertiary/aromatic N) is 2. The molecule has 3 heteroatoms. The molecule has 0 radical (unpaired) electrons. The summed E-state index contributed by atoms with van der Waals surface area (Å²) in [6.07, 6.45) is 32.6. The third-order valence-electron chi connectivity index (χ3n) is 10.6. The topological polar surface area (TPSA) is 36.4 Å². The van der Waals surface area contributed by atoms with Crippen LogP contribution in [0.4, 0.5) is 0 Å². The van der Waals surface area contributed by atoms with E-state index in [9.17, 15) is 5.53 Å². The number of unbranched alkanes of at least 4 members (excludes halogenated alkanes) is 15. The van der Waals surface area contributed by atoms with Crippen molar-refractivity contribution in [1.82, 2.24) is 0 Å². The predicted octanol–water partition coefficient (Wildman–Crippen LogP) is 15.6. The van der Waals surface area contributed by atoms with Gasteiger partial charge in [-0.25, -0.2) is 0 Å². The van der Waals surface area contributed by atoms with E-state index in [4.69, 9.17) is 0 Å². The Morgan fingerprint density at radius 3 is 1.21 bits per heavy atom. The summed E-state index contributed by atoms with van der Waals surface area (Å²) in [6, 6.07) is 15.2. The summed E-state index contributed by atoms with van der Waals surface area (Å²) in [5.41, 5.74) is 22.6. The maximum absolute atomic E-state index is 10.1. The van der Waals surface area contributed by atoms with Crippen LogP contribution >= 0.6 is 0 Å². The van der Waals surface area contributed by atoms with Crippen LogP contribution in [0.2, 0.25) is 0 Å². The fraction of sp³-hybridized carbons (Fsp3) is 0.673. The van der Waals surface area contributed by atoms with E-state index < -0.39 is 0 Å². The molecule has 52 heavy (non-hydrogen) atoms. The van der Waals surface area contributed by atoms with Crippen molar-refractivity contribution < 1.29 is 25.2 Å². The first-order valence-electron chi connectivity index (χ1n) is 22.0. The largest absolute Gasteiger partial charge is 0.348 e. The number of benzene rings is 2. The molecule has 0 saturated carbocycles. The summed E-state index contributed by atoms with van der Waals surface area (Å²) >= 11 is 0. The van der Waals surface area contributed by atoms with Crippen molar-refractivity contribution in [3.63, 3.8) is 0 Å². The van der Waals surface area contributed by atoms with Gasteiger partial charge >= 0.3 is 5.87 Å². The molecule has 2 aromatic carbocycles. The molecule has 2 rings (SSSR count). The van der Waals surface area contributed by atoms with Crippen LogP contribution in [0.25, 0.3) is 11.1 Å². The molecule has 0 saturated heterocycles. The molecule has 0 aromatic heterocycles. The number of aryl methyl sites for hydroxylation is 4. The van der Waals surface area contributed by atoms with Gasteiger partial charge in [-0.1, -0.05) is 174 Å². The van der Waals surface area contributed by atoms with Crippen molar-refractivity contribution in [1.29, 1.82) is 0 Å². The van der Waals surface area contributed by atoms with Crippen molar-refractivity contribution >= 4 is 11.4 Å². The molecule has 0 amide bonds. The molecule has 0 fully saturated rings. The van der Waals surface area contributed by atoms with E-state index in [0.717, 1.165) is 56.9 Å². The van der Waals surface area contributed by atoms with Crippen molar-refractivity contribution in [2.45, 2.75) is 215 Å². The van der Waals surface area contributed by atoms with Crippen molar-refractivity contribution in [2.24, 2.45) is 0 Å². The van der Waals surface area contributed by atoms with Gasteiger partial charge in [0.25, 0.3) is 0 Å². The van der Waals surface area contributed by atoms with Gasteiger partial charge in [0.1, 0.15) is 0 Å². The Morgan fingerprint density at radius 2 is 0.788 bits per heavy atom. The summed E-state index contributed by atoms with van der Waals surface area (Å²) in [5, 5.41) is 0. The maximum Gasteiger partial charge on any atom is 0.303 e. The van der Waals surface area contributed by atoms with Crippen molar-refractivity contribution in [2.75, 3.05) is 0 Å². The zero-order valence-electron chi connectivity index (χ0n) is 34.8. The normalized spacial score (nSPS) is 11.5. The summed E-state index contributed by atoms with van der Waals surface area (Å²) in [7, 11) is 0. The Hall–Kier alpha value is -2.00. The molecule has 2 nitrogen and oxygen atoms in total. The van der Waals surface area contributed by atoms with E-state index in [0.29, 0.717) is 0 Å². The standard InChI is InChI=1S/C49H78N2.Pd/c1-7-13-19-22-23-27-33-48(45(40-51-50)32-24-16-10-4)49(46-36-41(28-17-11-5)34-42(37-46)29-18-12-6)47-38-43(30-25-20-14-8-2)35-44(39-47)31-26-21-15-9-3;/h34-39H,7-33H2,1-6H3;. The minimum atomic E-state index is 0. The maximum atomic E-state index is 10.1. The smallest absolute Gasteiger partial charge is 0.303 e. The van der Waals surface area contributed by atoms with Crippen LogP contribution in [-0.2, 0) is 46.1 Å². The van der Waals surface area contributed by atoms with Gasteiger partial charge in [0.2, 0.25) is 0 Å². The zero-order chi connectivity index (χ0) is 36.9. The summed E-state index contributed by atoms with van der Waals surface area (Å²) in [4.78, 5) is 3.62. The Balaban J connectivity index is 0.0000135. The van der Waals surface area contributed by atoms with E-state index in [1.807, 2.05) is 0 Å². The third-order valence-corrected chi connectivity index (χ3v) is 10.6. The minimum Gasteiger partial charge on any atom is -0.348 e. The van der Waals surface area contributed by atoms with Crippen LogP contribution in [0.15, 0.2) is 47.5 Å². The molecule has 0 N–H and O–H groups in total. The van der Waals surface area contributed by atoms with Crippen LogP contribution in [0, 0.1) is 0 Å². The van der Waals surface area contributed by atoms with Crippen LogP contribution < -0.4 is 0 Å². The van der Waals surface area contributed by atoms with Gasteiger partial charge in [-0.15, -0.1) is 4.79 Å². The van der Waals surface area contributed by atoms with Crippen LogP contribution in [0.3, 0.4) is 0 Å². The Morgan fingerprint density at radius 1 is 0.442 bits per heavy atom. The molecule has 0 spiro atoms. The van der Waals surface area contributed by atoms with Gasteiger partial charge < -0.3 is 5.53 Å². The first-order valence-corrected chi connectivity index (χ1v) is 22.0. The van der Waals surface area contributed by atoms with Gasteiger partial charge in [-0.3, -0.25) is 0 Å². The monoisotopic (exact) mass is 801 g/mol. The molecule has 0 aliphatic heterocycles. The Kier molecular flexibility index (Phi) is 29.0. The molecule has 0 aliphatic carbocycles. The quantitative estimate of drug-likeness (QED) is 0.0188. The molecule has 0 unspecified atom stereocenters. The van der Waals surface area contributed by atoms with E-state index in [2.05, 4.69) is 88.6 Å². The average molecular weight is 802 g/mol. The zero-order valence-corrected chi connectivity index (χ0v) is 36.3. The molecular weight excluding hydrogens is 723 g/mol. The Bertz CT molecular complexity index is 1280. The summed E-state index contributed by atoms with van der Waals surface area (Å²) in [5.74, 6) is 3.19. The van der Waals surface area contributed by atoms with Crippen LogP contribution in [0.5, 0.6) is 0 Å². The number of hydrogen-bond acceptors (Lipinski definition) is 0. The Labute approximate surface area is 336 Å². The fourth-order valence-electron chi connectivity index (χ4n) is 7.58. The molecule has 0 bridgehead atoms. The molecule has 294 valence electrons. The van der Waals surface area contributed by atoms with Crippen LogP contribution in [0.1, 0.15) is 223 Å². The number of hydrogen-bond donors (Lipinski definition) is 0. The van der Waals surface area contributed by atoms with Gasteiger partial charge in [-0.2, -0.15) is 0 Å². The molecule has 0 atom stereocenters. The average Bonchev–Trinajstić information content (AvgIpc) is 3.14.